The Hall–Kier alpha value is -2.17. The number of nitrogens with zero attached hydrogens (tertiary/aromatic N) is 2. The molecule has 0 aliphatic heterocycles. The lowest BCUT2D eigenvalue weighted by Gasteiger charge is -2.14. The smallest absolute Gasteiger partial charge is 0.263 e. The molecule has 0 fully saturated rings. The minimum Gasteiger partial charge on any atom is -0.328 e. The second-order valence-corrected chi connectivity index (χ2v) is 5.33. The lowest BCUT2D eigenvalue weighted by atomic mass is 9.99. The number of para-hydroxylation sites is 2. The Bertz CT molecular complexity index is 850. The number of imidazole rings is 1. The summed E-state index contributed by atoms with van der Waals surface area (Å²) in [5.74, 6) is 0.697. The lowest BCUT2D eigenvalue weighted by molar-refractivity contribution is 0.490. The molecule has 0 spiro atoms. The molecule has 1 atom stereocenters. The zero-order valence-corrected chi connectivity index (χ0v) is 12.2. The molecule has 1 N–H and O–H groups in total. The third kappa shape index (κ3) is 2.13. The minimum atomic E-state index is -0.537. The van der Waals surface area contributed by atoms with E-state index in [0.29, 0.717) is 11.3 Å². The normalized spacial score (nSPS) is 13.1. The van der Waals surface area contributed by atoms with E-state index >= 15 is 0 Å². The van der Waals surface area contributed by atoms with Crippen molar-refractivity contribution in [1.82, 2.24) is 14.4 Å². The summed E-state index contributed by atoms with van der Waals surface area (Å²) in [5, 5.41) is 0. The molecule has 1 aromatic carbocycles. The van der Waals surface area contributed by atoms with Gasteiger partial charge >= 0.3 is 0 Å². The molecule has 21 heavy (non-hydrogen) atoms. The number of benzene rings is 1. The van der Waals surface area contributed by atoms with Crippen molar-refractivity contribution in [2.45, 2.75) is 32.6 Å². The summed E-state index contributed by atoms with van der Waals surface area (Å²) in [6, 6.07) is 7.48. The lowest BCUT2D eigenvalue weighted by Crippen LogP contribution is -2.23. The fourth-order valence-electron chi connectivity index (χ4n) is 2.72. The molecule has 0 saturated carbocycles. The van der Waals surface area contributed by atoms with Gasteiger partial charge in [-0.1, -0.05) is 26.0 Å². The largest absolute Gasteiger partial charge is 0.328 e. The molecule has 0 aliphatic carbocycles. The van der Waals surface area contributed by atoms with E-state index < -0.39 is 6.67 Å². The number of rotatable bonds is 4. The molecular formula is C16H18FN3O. The second kappa shape index (κ2) is 5.31. The van der Waals surface area contributed by atoms with Crippen LogP contribution in [0.5, 0.6) is 0 Å². The van der Waals surface area contributed by atoms with Crippen LogP contribution in [0.3, 0.4) is 0 Å². The molecule has 0 amide bonds. The Morgan fingerprint density at radius 2 is 2.14 bits per heavy atom. The topological polar surface area (TPSA) is 50.2 Å². The van der Waals surface area contributed by atoms with Crippen molar-refractivity contribution >= 4 is 16.8 Å². The van der Waals surface area contributed by atoms with Crippen LogP contribution < -0.4 is 5.56 Å². The number of alkyl halides is 1. The Morgan fingerprint density at radius 3 is 2.86 bits per heavy atom. The molecule has 0 saturated heterocycles. The molecule has 3 aromatic rings. The number of hydrogen-bond donors (Lipinski definition) is 1. The van der Waals surface area contributed by atoms with Gasteiger partial charge in [-0.05, 0) is 24.5 Å². The SMILES string of the molecule is CC[C@H](C)c1[nH]c2nc3ccccc3n2c(=O)c1CCF. The highest BCUT2D eigenvalue weighted by atomic mass is 19.1. The van der Waals surface area contributed by atoms with Gasteiger partial charge in [-0.25, -0.2) is 9.38 Å². The molecule has 0 aliphatic rings. The van der Waals surface area contributed by atoms with E-state index in [-0.39, 0.29) is 17.9 Å². The van der Waals surface area contributed by atoms with Crippen LogP contribution in [0.15, 0.2) is 29.1 Å². The van der Waals surface area contributed by atoms with Crippen LogP contribution >= 0.6 is 0 Å². The maximum atomic E-state index is 12.9. The molecule has 5 heteroatoms. The van der Waals surface area contributed by atoms with E-state index in [1.807, 2.05) is 31.2 Å². The minimum absolute atomic E-state index is 0.136. The number of aromatic amines is 1. The van der Waals surface area contributed by atoms with Gasteiger partial charge in [0.05, 0.1) is 17.7 Å². The number of fused-ring (bicyclic) bond motifs is 3. The molecule has 0 unspecified atom stereocenters. The monoisotopic (exact) mass is 287 g/mol. The highest BCUT2D eigenvalue weighted by molar-refractivity contribution is 5.79. The first-order chi connectivity index (χ1) is 10.2. The first-order valence-corrected chi connectivity index (χ1v) is 7.25. The predicted molar refractivity (Wildman–Crippen MR) is 81.7 cm³/mol. The fourth-order valence-corrected chi connectivity index (χ4v) is 2.72. The molecular weight excluding hydrogens is 269 g/mol. The first-order valence-electron chi connectivity index (χ1n) is 7.25. The quantitative estimate of drug-likeness (QED) is 0.801. The van der Waals surface area contributed by atoms with Crippen molar-refractivity contribution in [1.29, 1.82) is 0 Å². The van der Waals surface area contributed by atoms with Gasteiger partial charge in [0.15, 0.2) is 0 Å². The van der Waals surface area contributed by atoms with E-state index in [1.165, 1.54) is 0 Å². The number of halogens is 1. The van der Waals surface area contributed by atoms with Crippen LogP contribution in [-0.2, 0) is 6.42 Å². The average molecular weight is 287 g/mol. The Balaban J connectivity index is 2.41. The Labute approximate surface area is 121 Å². The third-order valence-corrected chi connectivity index (χ3v) is 4.04. The summed E-state index contributed by atoms with van der Waals surface area (Å²) in [6.07, 6.45) is 1.02. The highest BCUT2D eigenvalue weighted by Gasteiger charge is 2.18. The maximum Gasteiger partial charge on any atom is 0.263 e. The predicted octanol–water partition coefficient (Wildman–Crippen LogP) is 3.20. The molecule has 0 bridgehead atoms. The molecule has 2 heterocycles. The maximum absolute atomic E-state index is 12.9. The molecule has 3 rings (SSSR count). The van der Waals surface area contributed by atoms with Crippen LogP contribution in [0.1, 0.15) is 37.4 Å². The van der Waals surface area contributed by atoms with Gasteiger partial charge in [0.25, 0.3) is 5.56 Å². The van der Waals surface area contributed by atoms with Crippen molar-refractivity contribution in [2.24, 2.45) is 0 Å². The van der Waals surface area contributed by atoms with Gasteiger partial charge in [0.1, 0.15) is 0 Å². The van der Waals surface area contributed by atoms with E-state index in [0.717, 1.165) is 23.1 Å². The van der Waals surface area contributed by atoms with Gasteiger partial charge in [-0.15, -0.1) is 0 Å². The van der Waals surface area contributed by atoms with Crippen LogP contribution in [0.4, 0.5) is 4.39 Å². The number of hydrogen-bond acceptors (Lipinski definition) is 2. The van der Waals surface area contributed by atoms with Gasteiger partial charge in [0.2, 0.25) is 5.78 Å². The first kappa shape index (κ1) is 13.8. The Morgan fingerprint density at radius 1 is 1.38 bits per heavy atom. The van der Waals surface area contributed by atoms with Gasteiger partial charge in [-0.2, -0.15) is 0 Å². The summed E-state index contributed by atoms with van der Waals surface area (Å²) in [7, 11) is 0. The van der Waals surface area contributed by atoms with Crippen molar-refractivity contribution in [3.63, 3.8) is 0 Å². The van der Waals surface area contributed by atoms with Crippen LogP contribution in [0.25, 0.3) is 16.8 Å². The molecule has 4 nitrogen and oxygen atoms in total. The Kier molecular flexibility index (Phi) is 3.49. The van der Waals surface area contributed by atoms with Crippen LogP contribution in [-0.4, -0.2) is 21.0 Å². The highest BCUT2D eigenvalue weighted by Crippen LogP contribution is 2.21. The number of nitrogens with one attached hydrogen (secondary N) is 1. The summed E-state index contributed by atoms with van der Waals surface area (Å²) in [4.78, 5) is 20.5. The summed E-state index contributed by atoms with van der Waals surface area (Å²) < 4.78 is 14.4. The summed E-state index contributed by atoms with van der Waals surface area (Å²) in [5.41, 5.74) is 2.69. The summed E-state index contributed by atoms with van der Waals surface area (Å²) in [6.45, 7) is 3.55. The van der Waals surface area contributed by atoms with E-state index in [4.69, 9.17) is 0 Å². The van der Waals surface area contributed by atoms with Crippen molar-refractivity contribution in [3.8, 4) is 0 Å². The standard InChI is InChI=1S/C16H18FN3O/c1-3-10(2)14-11(8-9-17)15(21)20-13-7-5-4-6-12(13)18-16(20)19-14/h4-7,10H,3,8-9H2,1-2H3,(H,18,19)/t10-/m0/s1. The zero-order valence-electron chi connectivity index (χ0n) is 12.2. The van der Waals surface area contributed by atoms with Crippen molar-refractivity contribution in [2.75, 3.05) is 6.67 Å². The molecule has 110 valence electrons. The van der Waals surface area contributed by atoms with Gasteiger partial charge < -0.3 is 4.98 Å². The van der Waals surface area contributed by atoms with Crippen molar-refractivity contribution < 1.29 is 4.39 Å². The van der Waals surface area contributed by atoms with Crippen molar-refractivity contribution in [3.05, 3.63) is 45.9 Å². The van der Waals surface area contributed by atoms with Crippen LogP contribution in [0, 0.1) is 0 Å². The van der Waals surface area contributed by atoms with Gasteiger partial charge in [-0.3, -0.25) is 9.18 Å². The third-order valence-electron chi connectivity index (χ3n) is 4.04. The van der Waals surface area contributed by atoms with Crippen LogP contribution in [0.2, 0.25) is 0 Å². The second-order valence-electron chi connectivity index (χ2n) is 5.33. The fraction of sp³-hybridized carbons (Fsp3) is 0.375. The van der Waals surface area contributed by atoms with Gasteiger partial charge in [0, 0.05) is 17.7 Å². The average Bonchev–Trinajstić information content (AvgIpc) is 2.87. The van der Waals surface area contributed by atoms with E-state index in [9.17, 15) is 9.18 Å². The number of H-pyrrole nitrogens is 1. The zero-order chi connectivity index (χ0) is 15.0. The van der Waals surface area contributed by atoms with E-state index in [2.05, 4.69) is 16.9 Å². The molecule has 2 aromatic heterocycles. The number of aromatic nitrogens is 3. The molecule has 0 radical (unpaired) electrons. The summed E-state index contributed by atoms with van der Waals surface area (Å²) >= 11 is 0. The van der Waals surface area contributed by atoms with E-state index in [1.54, 1.807) is 4.40 Å².